The van der Waals surface area contributed by atoms with Crippen LogP contribution < -0.4 is 5.32 Å². The molecule has 1 aromatic heterocycles. The van der Waals surface area contributed by atoms with E-state index in [4.69, 9.17) is 0 Å². The van der Waals surface area contributed by atoms with Gasteiger partial charge in [-0.1, -0.05) is 45.9 Å². The second-order valence-corrected chi connectivity index (χ2v) is 5.79. The molecular formula is C17H24N2. The molecule has 2 heteroatoms. The molecule has 1 atom stereocenters. The average Bonchev–Trinajstić information content (AvgIpc) is 2.44. The van der Waals surface area contributed by atoms with E-state index >= 15 is 0 Å². The summed E-state index contributed by atoms with van der Waals surface area (Å²) in [6.07, 6.45) is 3.16. The summed E-state index contributed by atoms with van der Waals surface area (Å²) in [7, 11) is 0. The van der Waals surface area contributed by atoms with Crippen molar-refractivity contribution in [3.8, 4) is 0 Å². The van der Waals surface area contributed by atoms with E-state index in [1.807, 2.05) is 12.3 Å². The van der Waals surface area contributed by atoms with Gasteiger partial charge < -0.3 is 5.32 Å². The molecule has 0 saturated carbocycles. The van der Waals surface area contributed by atoms with Crippen molar-refractivity contribution in [1.29, 1.82) is 0 Å². The molecule has 0 spiro atoms. The maximum absolute atomic E-state index is 4.59. The number of hydrogen-bond acceptors (Lipinski definition) is 2. The van der Waals surface area contributed by atoms with Crippen LogP contribution >= 0.6 is 0 Å². The van der Waals surface area contributed by atoms with Crippen molar-refractivity contribution >= 4 is 10.9 Å². The van der Waals surface area contributed by atoms with Crippen LogP contribution in [0.3, 0.4) is 0 Å². The summed E-state index contributed by atoms with van der Waals surface area (Å²) in [5.74, 6) is 0. The number of nitrogens with one attached hydrogen (secondary N) is 1. The van der Waals surface area contributed by atoms with Crippen molar-refractivity contribution in [2.45, 2.75) is 40.2 Å². The third-order valence-corrected chi connectivity index (χ3v) is 4.05. The Morgan fingerprint density at radius 2 is 1.95 bits per heavy atom. The second-order valence-electron chi connectivity index (χ2n) is 5.79. The molecule has 1 aromatic carbocycles. The summed E-state index contributed by atoms with van der Waals surface area (Å²) in [6, 6.07) is 10.9. The number of rotatable bonds is 5. The fraction of sp³-hybridized carbons (Fsp3) is 0.471. The molecule has 1 N–H and O–H groups in total. The second kappa shape index (κ2) is 5.70. The molecule has 0 aliphatic heterocycles. The van der Waals surface area contributed by atoms with E-state index in [2.05, 4.69) is 62.3 Å². The topological polar surface area (TPSA) is 24.9 Å². The summed E-state index contributed by atoms with van der Waals surface area (Å²) in [5.41, 5.74) is 2.57. The molecule has 102 valence electrons. The first-order valence-corrected chi connectivity index (χ1v) is 7.16. The van der Waals surface area contributed by atoms with E-state index < -0.39 is 0 Å². The molecule has 1 heterocycles. The van der Waals surface area contributed by atoms with Crippen molar-refractivity contribution in [1.82, 2.24) is 10.3 Å². The van der Waals surface area contributed by atoms with Crippen LogP contribution in [-0.2, 0) is 0 Å². The van der Waals surface area contributed by atoms with Crippen LogP contribution in [-0.4, -0.2) is 11.5 Å². The highest BCUT2D eigenvalue weighted by atomic mass is 14.9. The third kappa shape index (κ3) is 2.95. The van der Waals surface area contributed by atoms with E-state index in [9.17, 15) is 0 Å². The quantitative estimate of drug-likeness (QED) is 0.861. The Balaban J connectivity index is 2.44. The van der Waals surface area contributed by atoms with Gasteiger partial charge in [-0.3, -0.25) is 4.98 Å². The van der Waals surface area contributed by atoms with Gasteiger partial charge in [-0.25, -0.2) is 0 Å². The zero-order valence-corrected chi connectivity index (χ0v) is 12.4. The summed E-state index contributed by atoms with van der Waals surface area (Å²) in [4.78, 5) is 4.59. The van der Waals surface area contributed by atoms with Crippen molar-refractivity contribution in [2.24, 2.45) is 5.41 Å². The molecule has 1 unspecified atom stereocenters. The first kappa shape index (κ1) is 14.0. The SMILES string of the molecule is CCNC(c1cnc2ccccc2c1)C(C)(C)CC. The van der Waals surface area contributed by atoms with Crippen LogP contribution in [0.2, 0.25) is 0 Å². The number of hydrogen-bond donors (Lipinski definition) is 1. The molecule has 0 aliphatic rings. The summed E-state index contributed by atoms with van der Waals surface area (Å²) >= 11 is 0. The molecule has 0 amide bonds. The molecule has 2 aromatic rings. The molecule has 2 rings (SSSR count). The molecule has 0 saturated heterocycles. The van der Waals surface area contributed by atoms with Crippen molar-refractivity contribution in [3.05, 3.63) is 42.1 Å². The maximum Gasteiger partial charge on any atom is 0.0702 e. The summed E-state index contributed by atoms with van der Waals surface area (Å²) < 4.78 is 0. The van der Waals surface area contributed by atoms with Gasteiger partial charge in [0.05, 0.1) is 5.52 Å². The zero-order valence-electron chi connectivity index (χ0n) is 12.4. The molecule has 0 aliphatic carbocycles. The monoisotopic (exact) mass is 256 g/mol. The number of para-hydroxylation sites is 1. The zero-order chi connectivity index (χ0) is 13.9. The third-order valence-electron chi connectivity index (χ3n) is 4.05. The number of nitrogens with zero attached hydrogens (tertiary/aromatic N) is 1. The molecule has 2 nitrogen and oxygen atoms in total. The van der Waals surface area contributed by atoms with Crippen molar-refractivity contribution < 1.29 is 0 Å². The molecule has 0 radical (unpaired) electrons. The molecule has 19 heavy (non-hydrogen) atoms. The minimum atomic E-state index is 0.222. The minimum absolute atomic E-state index is 0.222. The van der Waals surface area contributed by atoms with E-state index in [1.54, 1.807) is 0 Å². The molecule has 0 bridgehead atoms. The lowest BCUT2D eigenvalue weighted by molar-refractivity contribution is 0.237. The largest absolute Gasteiger partial charge is 0.310 e. The lowest BCUT2D eigenvalue weighted by Gasteiger charge is -2.34. The molecule has 0 fully saturated rings. The van der Waals surface area contributed by atoms with Crippen molar-refractivity contribution in [3.63, 3.8) is 0 Å². The average molecular weight is 256 g/mol. The van der Waals surface area contributed by atoms with Gasteiger partial charge in [-0.05, 0) is 36.1 Å². The number of pyridine rings is 1. The highest BCUT2D eigenvalue weighted by Crippen LogP contribution is 2.36. The lowest BCUT2D eigenvalue weighted by atomic mass is 9.78. The molecular weight excluding hydrogens is 232 g/mol. The normalized spacial score (nSPS) is 13.7. The number of fused-ring (bicyclic) bond motifs is 1. The summed E-state index contributed by atoms with van der Waals surface area (Å²) in [5, 5.41) is 4.83. The van der Waals surface area contributed by atoms with Gasteiger partial charge in [-0.2, -0.15) is 0 Å². The van der Waals surface area contributed by atoms with Crippen LogP contribution in [0.4, 0.5) is 0 Å². The van der Waals surface area contributed by atoms with Crippen LogP contribution in [0.1, 0.15) is 45.7 Å². The Hall–Kier alpha value is -1.41. The van der Waals surface area contributed by atoms with Gasteiger partial charge in [0.25, 0.3) is 0 Å². The predicted molar refractivity (Wildman–Crippen MR) is 82.2 cm³/mol. The van der Waals surface area contributed by atoms with E-state index in [0.29, 0.717) is 6.04 Å². The highest BCUT2D eigenvalue weighted by molar-refractivity contribution is 5.78. The van der Waals surface area contributed by atoms with Gasteiger partial charge in [0, 0.05) is 17.6 Å². The maximum atomic E-state index is 4.59. The first-order valence-electron chi connectivity index (χ1n) is 7.16. The van der Waals surface area contributed by atoms with E-state index in [1.165, 1.54) is 10.9 Å². The Morgan fingerprint density at radius 1 is 1.21 bits per heavy atom. The highest BCUT2D eigenvalue weighted by Gasteiger charge is 2.28. The Labute approximate surface area is 116 Å². The fourth-order valence-corrected chi connectivity index (χ4v) is 2.50. The fourth-order valence-electron chi connectivity index (χ4n) is 2.50. The van der Waals surface area contributed by atoms with Gasteiger partial charge in [0.1, 0.15) is 0 Å². The van der Waals surface area contributed by atoms with Crippen LogP contribution in [0.15, 0.2) is 36.5 Å². The van der Waals surface area contributed by atoms with Gasteiger partial charge in [0.15, 0.2) is 0 Å². The number of aromatic nitrogens is 1. The predicted octanol–water partition coefficient (Wildman–Crippen LogP) is 4.32. The minimum Gasteiger partial charge on any atom is -0.310 e. The van der Waals surface area contributed by atoms with Crippen LogP contribution in [0.5, 0.6) is 0 Å². The van der Waals surface area contributed by atoms with Gasteiger partial charge >= 0.3 is 0 Å². The van der Waals surface area contributed by atoms with Gasteiger partial charge in [-0.15, -0.1) is 0 Å². The van der Waals surface area contributed by atoms with Crippen molar-refractivity contribution in [2.75, 3.05) is 6.54 Å². The van der Waals surface area contributed by atoms with Crippen LogP contribution in [0.25, 0.3) is 10.9 Å². The Kier molecular flexibility index (Phi) is 4.20. The van der Waals surface area contributed by atoms with E-state index in [0.717, 1.165) is 18.5 Å². The Morgan fingerprint density at radius 3 is 2.63 bits per heavy atom. The standard InChI is InChI=1S/C17H24N2/c1-5-17(3,4)16(18-6-2)14-11-13-9-7-8-10-15(13)19-12-14/h7-12,16,18H,5-6H2,1-4H3. The van der Waals surface area contributed by atoms with Crippen LogP contribution in [0, 0.1) is 5.41 Å². The lowest BCUT2D eigenvalue weighted by Crippen LogP contribution is -2.33. The first-order chi connectivity index (χ1) is 9.08. The van der Waals surface area contributed by atoms with E-state index in [-0.39, 0.29) is 5.41 Å². The Bertz CT molecular complexity index is 546. The number of benzene rings is 1. The van der Waals surface area contributed by atoms with Gasteiger partial charge in [0.2, 0.25) is 0 Å². The smallest absolute Gasteiger partial charge is 0.0702 e. The summed E-state index contributed by atoms with van der Waals surface area (Å²) in [6.45, 7) is 10.0.